The Hall–Kier alpha value is -0.610. The Morgan fingerprint density at radius 3 is 2.27 bits per heavy atom. The summed E-state index contributed by atoms with van der Waals surface area (Å²) < 4.78 is 18.3. The lowest BCUT2D eigenvalue weighted by Crippen LogP contribution is -2.43. The van der Waals surface area contributed by atoms with Gasteiger partial charge in [0, 0.05) is 11.8 Å². The third-order valence-corrected chi connectivity index (χ3v) is 7.93. The Morgan fingerprint density at radius 1 is 0.900 bits per heavy atom. The maximum absolute atomic E-state index is 12.7. The molecule has 4 nitrogen and oxygen atoms in total. The van der Waals surface area contributed by atoms with Gasteiger partial charge in [0.2, 0.25) is 0 Å². The average molecular weight is 423 g/mol. The van der Waals surface area contributed by atoms with E-state index in [2.05, 4.69) is 20.8 Å². The van der Waals surface area contributed by atoms with E-state index in [0.717, 1.165) is 51.0 Å². The molecule has 3 rings (SSSR count). The molecule has 4 heteroatoms. The first kappa shape index (κ1) is 24.0. The number of hydrogen-bond acceptors (Lipinski definition) is 4. The zero-order chi connectivity index (χ0) is 21.3. The molecule has 0 aromatic carbocycles. The Labute approximate surface area is 184 Å². The van der Waals surface area contributed by atoms with Crippen LogP contribution < -0.4 is 0 Å². The molecule has 0 aromatic rings. The molecule has 1 unspecified atom stereocenters. The molecule has 1 aliphatic heterocycles. The van der Waals surface area contributed by atoms with Crippen LogP contribution in [0.5, 0.6) is 0 Å². The lowest BCUT2D eigenvalue weighted by molar-refractivity contribution is -0.257. The molecule has 0 spiro atoms. The second-order valence-corrected chi connectivity index (χ2v) is 10.3. The Bertz CT molecular complexity index is 491. The molecule has 0 amide bonds. The van der Waals surface area contributed by atoms with Gasteiger partial charge in [-0.3, -0.25) is 4.79 Å². The minimum atomic E-state index is -0.0757. The van der Waals surface area contributed by atoms with Crippen molar-refractivity contribution in [1.82, 2.24) is 0 Å². The molecule has 0 radical (unpaired) electrons. The summed E-state index contributed by atoms with van der Waals surface area (Å²) in [6, 6.07) is 0. The van der Waals surface area contributed by atoms with Gasteiger partial charge < -0.3 is 14.2 Å². The highest BCUT2D eigenvalue weighted by molar-refractivity contribution is 5.72. The topological polar surface area (TPSA) is 44.8 Å². The summed E-state index contributed by atoms with van der Waals surface area (Å²) >= 11 is 0. The van der Waals surface area contributed by atoms with Crippen LogP contribution in [-0.4, -0.2) is 31.1 Å². The fourth-order valence-electron chi connectivity index (χ4n) is 5.77. The number of esters is 1. The van der Waals surface area contributed by atoms with Crippen molar-refractivity contribution in [1.29, 1.82) is 0 Å². The van der Waals surface area contributed by atoms with Gasteiger partial charge in [-0.25, -0.2) is 0 Å². The predicted octanol–water partition coefficient (Wildman–Crippen LogP) is 6.65. The van der Waals surface area contributed by atoms with Gasteiger partial charge in [0.05, 0.1) is 18.6 Å². The molecular formula is C26H46O4. The maximum Gasteiger partial charge on any atom is 0.309 e. The highest BCUT2D eigenvalue weighted by Gasteiger charge is 2.37. The van der Waals surface area contributed by atoms with E-state index in [1.54, 1.807) is 0 Å². The summed E-state index contributed by atoms with van der Waals surface area (Å²) in [4.78, 5) is 12.7. The standard InChI is InChI=1S/C26H46O4/c1-4-6-7-9-23-18-28-26(29-19(23)3)22-14-12-21(13-15-22)25(27)30-24-16-10-20(8-5-2)11-17-24/h19-24,26H,4-18H2,1-3H3/t19-,20?,21?,22?,23?,24?,26-/m0/s1. The van der Waals surface area contributed by atoms with Gasteiger partial charge in [0.1, 0.15) is 6.10 Å². The average Bonchev–Trinajstić information content (AvgIpc) is 2.76. The number of ether oxygens (including phenoxy) is 3. The van der Waals surface area contributed by atoms with Crippen LogP contribution in [0.4, 0.5) is 0 Å². The maximum atomic E-state index is 12.7. The number of carbonyl (C=O) groups excluding carboxylic acids is 1. The summed E-state index contributed by atoms with van der Waals surface area (Å²) in [5.74, 6) is 1.95. The summed E-state index contributed by atoms with van der Waals surface area (Å²) in [6.07, 6.45) is 16.5. The Balaban J connectivity index is 1.34. The number of carbonyl (C=O) groups is 1. The van der Waals surface area contributed by atoms with Gasteiger partial charge in [-0.1, -0.05) is 46.0 Å². The van der Waals surface area contributed by atoms with Crippen molar-refractivity contribution in [3.63, 3.8) is 0 Å². The van der Waals surface area contributed by atoms with Crippen LogP contribution in [0, 0.1) is 23.7 Å². The number of hydrogen-bond donors (Lipinski definition) is 0. The normalized spacial score (nSPS) is 37.6. The summed E-state index contributed by atoms with van der Waals surface area (Å²) in [5, 5.41) is 0. The van der Waals surface area contributed by atoms with Gasteiger partial charge in [-0.2, -0.15) is 0 Å². The van der Waals surface area contributed by atoms with E-state index in [1.807, 2.05) is 0 Å². The van der Waals surface area contributed by atoms with Crippen molar-refractivity contribution >= 4 is 5.97 Å². The fourth-order valence-corrected chi connectivity index (χ4v) is 5.77. The van der Waals surface area contributed by atoms with Crippen LogP contribution in [0.25, 0.3) is 0 Å². The lowest BCUT2D eigenvalue weighted by Gasteiger charge is -2.40. The van der Waals surface area contributed by atoms with Crippen LogP contribution in [0.15, 0.2) is 0 Å². The van der Waals surface area contributed by atoms with E-state index in [1.165, 1.54) is 51.4 Å². The van der Waals surface area contributed by atoms with Crippen LogP contribution in [0.1, 0.15) is 111 Å². The zero-order valence-electron chi connectivity index (χ0n) is 19.8. The van der Waals surface area contributed by atoms with Crippen molar-refractivity contribution in [2.75, 3.05) is 6.61 Å². The highest BCUT2D eigenvalue weighted by Crippen LogP contribution is 2.37. The van der Waals surface area contributed by atoms with Crippen molar-refractivity contribution < 1.29 is 19.0 Å². The SMILES string of the molecule is CCCCCC1CO[C@H](C2CCC(C(=O)OC3CCC(CCC)CC3)CC2)O[C@H]1C. The molecule has 1 heterocycles. The Morgan fingerprint density at radius 2 is 1.63 bits per heavy atom. The molecule has 0 bridgehead atoms. The third kappa shape index (κ3) is 6.95. The van der Waals surface area contributed by atoms with Gasteiger partial charge in [-0.15, -0.1) is 0 Å². The molecular weight excluding hydrogens is 376 g/mol. The van der Waals surface area contributed by atoms with E-state index < -0.39 is 0 Å². The largest absolute Gasteiger partial charge is 0.462 e. The van der Waals surface area contributed by atoms with Crippen LogP contribution in [-0.2, 0) is 19.0 Å². The first-order valence-electron chi connectivity index (χ1n) is 13.1. The minimum Gasteiger partial charge on any atom is -0.462 e. The molecule has 2 aliphatic carbocycles. The van der Waals surface area contributed by atoms with Gasteiger partial charge in [-0.05, 0) is 70.6 Å². The highest BCUT2D eigenvalue weighted by atomic mass is 16.7. The quantitative estimate of drug-likeness (QED) is 0.308. The second kappa shape index (κ2) is 12.4. The summed E-state index contributed by atoms with van der Waals surface area (Å²) in [7, 11) is 0. The number of rotatable bonds is 9. The summed E-state index contributed by atoms with van der Waals surface area (Å²) in [6.45, 7) is 7.55. The molecule has 2 saturated carbocycles. The Kier molecular flexibility index (Phi) is 9.96. The van der Waals surface area contributed by atoms with Gasteiger partial charge >= 0.3 is 5.97 Å². The molecule has 174 valence electrons. The van der Waals surface area contributed by atoms with Crippen LogP contribution >= 0.6 is 0 Å². The molecule has 3 atom stereocenters. The van der Waals surface area contributed by atoms with Crippen molar-refractivity contribution in [2.24, 2.45) is 23.7 Å². The van der Waals surface area contributed by atoms with E-state index in [-0.39, 0.29) is 30.4 Å². The predicted molar refractivity (Wildman–Crippen MR) is 120 cm³/mol. The first-order chi connectivity index (χ1) is 14.6. The molecule has 0 N–H and O–H groups in total. The fraction of sp³-hybridized carbons (Fsp3) is 0.962. The molecule has 3 aliphatic rings. The minimum absolute atomic E-state index is 0.0576. The van der Waals surface area contributed by atoms with Crippen LogP contribution in [0.2, 0.25) is 0 Å². The molecule has 0 aromatic heterocycles. The van der Waals surface area contributed by atoms with E-state index in [0.29, 0.717) is 11.8 Å². The van der Waals surface area contributed by atoms with E-state index >= 15 is 0 Å². The summed E-state index contributed by atoms with van der Waals surface area (Å²) in [5.41, 5.74) is 0. The van der Waals surface area contributed by atoms with Gasteiger partial charge in [0.25, 0.3) is 0 Å². The van der Waals surface area contributed by atoms with Crippen molar-refractivity contribution in [2.45, 2.75) is 129 Å². The monoisotopic (exact) mass is 422 g/mol. The van der Waals surface area contributed by atoms with Crippen molar-refractivity contribution in [3.05, 3.63) is 0 Å². The smallest absolute Gasteiger partial charge is 0.309 e. The van der Waals surface area contributed by atoms with E-state index in [4.69, 9.17) is 14.2 Å². The third-order valence-electron chi connectivity index (χ3n) is 7.93. The first-order valence-corrected chi connectivity index (χ1v) is 13.1. The van der Waals surface area contributed by atoms with Crippen molar-refractivity contribution in [3.8, 4) is 0 Å². The lowest BCUT2D eigenvalue weighted by atomic mass is 9.81. The van der Waals surface area contributed by atoms with Gasteiger partial charge in [0.15, 0.2) is 6.29 Å². The molecule has 1 saturated heterocycles. The second-order valence-electron chi connectivity index (χ2n) is 10.3. The molecule has 3 fully saturated rings. The van der Waals surface area contributed by atoms with E-state index in [9.17, 15) is 4.79 Å². The number of unbranched alkanes of at least 4 members (excludes halogenated alkanes) is 2. The molecule has 30 heavy (non-hydrogen) atoms. The zero-order valence-corrected chi connectivity index (χ0v) is 19.8. The van der Waals surface area contributed by atoms with Crippen LogP contribution in [0.3, 0.4) is 0 Å².